The summed E-state index contributed by atoms with van der Waals surface area (Å²) in [5.74, 6) is -0.854. The first kappa shape index (κ1) is 18.6. The summed E-state index contributed by atoms with van der Waals surface area (Å²) in [6, 6.07) is 9.50. The number of ether oxygens (including phenoxy) is 1. The molecule has 2 N–H and O–H groups in total. The van der Waals surface area contributed by atoms with Gasteiger partial charge in [-0.2, -0.15) is 5.10 Å². The summed E-state index contributed by atoms with van der Waals surface area (Å²) in [5.41, 5.74) is 6.06. The lowest BCUT2D eigenvalue weighted by molar-refractivity contribution is -0.124. The highest BCUT2D eigenvalue weighted by atomic mass is 16.5. The lowest BCUT2D eigenvalue weighted by atomic mass is 9.97. The first-order chi connectivity index (χ1) is 13.0. The molecule has 0 spiro atoms. The summed E-state index contributed by atoms with van der Waals surface area (Å²) in [6.45, 7) is 6.42. The van der Waals surface area contributed by atoms with Gasteiger partial charge in [0.15, 0.2) is 6.61 Å². The highest BCUT2D eigenvalue weighted by Crippen LogP contribution is 2.17. The Kier molecular flexibility index (Phi) is 5.54. The van der Waals surface area contributed by atoms with Crippen LogP contribution in [0.2, 0.25) is 0 Å². The third-order valence-electron chi connectivity index (χ3n) is 4.58. The van der Waals surface area contributed by atoms with Crippen molar-refractivity contribution in [3.63, 3.8) is 0 Å². The standard InChI is InChI=1S/C21H23N3O3/c1-13-9-14(2)16(15(3)10-13)7-8-22-20(25)12-27-21(26)17-5-4-6-19-18(17)11-23-24-19/h4-6,9-11H,7-8,12H2,1-3H3,(H,22,25)(H,23,24). The Hall–Kier alpha value is -3.15. The monoisotopic (exact) mass is 365 g/mol. The summed E-state index contributed by atoms with van der Waals surface area (Å²) in [6.07, 6.45) is 2.31. The molecule has 2 aromatic carbocycles. The van der Waals surface area contributed by atoms with E-state index in [1.54, 1.807) is 18.3 Å². The molecular weight excluding hydrogens is 342 g/mol. The number of hydrogen-bond acceptors (Lipinski definition) is 4. The van der Waals surface area contributed by atoms with E-state index in [0.717, 1.165) is 11.9 Å². The molecule has 0 saturated heterocycles. The third-order valence-corrected chi connectivity index (χ3v) is 4.58. The number of rotatable bonds is 6. The highest BCUT2D eigenvalue weighted by Gasteiger charge is 2.14. The predicted molar refractivity (Wildman–Crippen MR) is 104 cm³/mol. The molecule has 0 aliphatic rings. The van der Waals surface area contributed by atoms with E-state index in [-0.39, 0.29) is 12.5 Å². The minimum atomic E-state index is -0.539. The number of benzene rings is 2. The van der Waals surface area contributed by atoms with Gasteiger partial charge < -0.3 is 10.1 Å². The van der Waals surface area contributed by atoms with E-state index < -0.39 is 5.97 Å². The van der Waals surface area contributed by atoms with Crippen LogP contribution in [0, 0.1) is 20.8 Å². The summed E-state index contributed by atoms with van der Waals surface area (Å²) in [4.78, 5) is 24.2. The van der Waals surface area contributed by atoms with Crippen LogP contribution < -0.4 is 5.32 Å². The van der Waals surface area contributed by atoms with Crippen molar-refractivity contribution in [1.29, 1.82) is 0 Å². The van der Waals surface area contributed by atoms with Crippen molar-refractivity contribution >= 4 is 22.8 Å². The Morgan fingerprint density at radius 3 is 2.63 bits per heavy atom. The Morgan fingerprint density at radius 1 is 1.15 bits per heavy atom. The fourth-order valence-electron chi connectivity index (χ4n) is 3.34. The molecule has 0 unspecified atom stereocenters. The highest BCUT2D eigenvalue weighted by molar-refractivity contribution is 6.03. The van der Waals surface area contributed by atoms with Crippen molar-refractivity contribution in [3.8, 4) is 0 Å². The molecule has 3 aromatic rings. The molecular formula is C21H23N3O3. The summed E-state index contributed by atoms with van der Waals surface area (Å²) >= 11 is 0. The quantitative estimate of drug-likeness (QED) is 0.658. The second-order valence-electron chi connectivity index (χ2n) is 6.69. The van der Waals surface area contributed by atoms with Crippen LogP contribution in [0.5, 0.6) is 0 Å². The fraction of sp³-hybridized carbons (Fsp3) is 0.286. The molecule has 1 heterocycles. The number of aromatic nitrogens is 2. The van der Waals surface area contributed by atoms with Gasteiger partial charge in [-0.25, -0.2) is 4.79 Å². The van der Waals surface area contributed by atoms with Gasteiger partial charge in [0.25, 0.3) is 5.91 Å². The molecule has 1 amide bonds. The van der Waals surface area contributed by atoms with Crippen molar-refractivity contribution in [2.75, 3.05) is 13.2 Å². The molecule has 0 aliphatic carbocycles. The molecule has 0 atom stereocenters. The van der Waals surface area contributed by atoms with Gasteiger partial charge in [-0.15, -0.1) is 0 Å². The van der Waals surface area contributed by atoms with Crippen molar-refractivity contribution < 1.29 is 14.3 Å². The van der Waals surface area contributed by atoms with Crippen LogP contribution in [0.1, 0.15) is 32.6 Å². The van der Waals surface area contributed by atoms with Crippen molar-refractivity contribution in [1.82, 2.24) is 15.5 Å². The largest absolute Gasteiger partial charge is 0.452 e. The minimum Gasteiger partial charge on any atom is -0.452 e. The summed E-state index contributed by atoms with van der Waals surface area (Å²) in [5, 5.41) is 10.2. The Labute approximate surface area is 157 Å². The van der Waals surface area contributed by atoms with Gasteiger partial charge in [0.05, 0.1) is 17.3 Å². The fourth-order valence-corrected chi connectivity index (χ4v) is 3.34. The SMILES string of the molecule is Cc1cc(C)c(CCNC(=O)COC(=O)c2cccc3[nH]ncc23)c(C)c1. The number of esters is 1. The van der Waals surface area contributed by atoms with Gasteiger partial charge >= 0.3 is 5.97 Å². The van der Waals surface area contributed by atoms with Crippen LogP contribution in [0.15, 0.2) is 36.5 Å². The first-order valence-corrected chi connectivity index (χ1v) is 8.88. The number of carbonyl (C=O) groups excluding carboxylic acids is 2. The van der Waals surface area contributed by atoms with E-state index in [9.17, 15) is 9.59 Å². The van der Waals surface area contributed by atoms with Crippen molar-refractivity contribution in [3.05, 3.63) is 64.3 Å². The number of amides is 1. The smallest absolute Gasteiger partial charge is 0.339 e. The molecule has 0 fully saturated rings. The van der Waals surface area contributed by atoms with E-state index in [1.807, 2.05) is 6.07 Å². The molecule has 0 saturated carbocycles. The van der Waals surface area contributed by atoms with Gasteiger partial charge in [0.1, 0.15) is 0 Å². The Morgan fingerprint density at radius 2 is 1.89 bits per heavy atom. The molecule has 6 nitrogen and oxygen atoms in total. The number of aromatic amines is 1. The minimum absolute atomic E-state index is 0.307. The first-order valence-electron chi connectivity index (χ1n) is 8.88. The maximum absolute atomic E-state index is 12.2. The lowest BCUT2D eigenvalue weighted by Crippen LogP contribution is -2.30. The van der Waals surface area contributed by atoms with Crippen LogP contribution in [0.3, 0.4) is 0 Å². The summed E-state index contributed by atoms with van der Waals surface area (Å²) in [7, 11) is 0. The topological polar surface area (TPSA) is 84.1 Å². The molecule has 6 heteroatoms. The zero-order valence-corrected chi connectivity index (χ0v) is 15.8. The average molecular weight is 365 g/mol. The van der Waals surface area contributed by atoms with Crippen molar-refractivity contribution in [2.24, 2.45) is 0 Å². The van der Waals surface area contributed by atoms with Crippen molar-refractivity contribution in [2.45, 2.75) is 27.2 Å². The molecule has 0 radical (unpaired) electrons. The zero-order chi connectivity index (χ0) is 19.4. The number of nitrogens with zero attached hydrogens (tertiary/aromatic N) is 1. The maximum Gasteiger partial charge on any atom is 0.339 e. The zero-order valence-electron chi connectivity index (χ0n) is 15.8. The van der Waals surface area contributed by atoms with Gasteiger partial charge in [0, 0.05) is 11.9 Å². The van der Waals surface area contributed by atoms with E-state index >= 15 is 0 Å². The van der Waals surface area contributed by atoms with Gasteiger partial charge in [-0.05, 0) is 56.0 Å². The number of aryl methyl sites for hydroxylation is 3. The maximum atomic E-state index is 12.2. The number of H-pyrrole nitrogens is 1. The normalized spacial score (nSPS) is 10.8. The van der Waals surface area contributed by atoms with Gasteiger partial charge in [-0.3, -0.25) is 9.89 Å². The Bertz CT molecular complexity index is 968. The van der Waals surface area contributed by atoms with Crippen LogP contribution in [-0.2, 0) is 16.0 Å². The number of carbonyl (C=O) groups is 2. The van der Waals surface area contributed by atoms with E-state index in [1.165, 1.54) is 22.3 Å². The van der Waals surface area contributed by atoms with E-state index in [4.69, 9.17) is 4.74 Å². The second kappa shape index (κ2) is 8.03. The molecule has 1 aromatic heterocycles. The van der Waals surface area contributed by atoms with Crippen LogP contribution in [0.25, 0.3) is 10.9 Å². The molecule has 3 rings (SSSR count). The van der Waals surface area contributed by atoms with Crippen LogP contribution in [0.4, 0.5) is 0 Å². The summed E-state index contributed by atoms with van der Waals surface area (Å²) < 4.78 is 5.14. The van der Waals surface area contributed by atoms with Crippen LogP contribution >= 0.6 is 0 Å². The molecule has 0 bridgehead atoms. The number of hydrogen-bond donors (Lipinski definition) is 2. The number of nitrogens with one attached hydrogen (secondary N) is 2. The average Bonchev–Trinajstić information content (AvgIpc) is 3.10. The predicted octanol–water partition coefficient (Wildman–Crippen LogP) is 3.00. The second-order valence-corrected chi connectivity index (χ2v) is 6.69. The molecule has 140 valence electrons. The Balaban J connectivity index is 1.50. The third kappa shape index (κ3) is 4.34. The van der Waals surface area contributed by atoms with Gasteiger partial charge in [-0.1, -0.05) is 23.8 Å². The van der Waals surface area contributed by atoms with E-state index in [2.05, 4.69) is 48.4 Å². The van der Waals surface area contributed by atoms with Gasteiger partial charge in [0.2, 0.25) is 0 Å². The van der Waals surface area contributed by atoms with E-state index in [0.29, 0.717) is 17.5 Å². The lowest BCUT2D eigenvalue weighted by Gasteiger charge is -2.12. The number of fused-ring (bicyclic) bond motifs is 1. The molecule has 27 heavy (non-hydrogen) atoms. The van der Waals surface area contributed by atoms with Crippen LogP contribution in [-0.4, -0.2) is 35.2 Å². The molecule has 0 aliphatic heterocycles.